The van der Waals surface area contributed by atoms with E-state index < -0.39 is 44.6 Å². The Labute approximate surface area is 112 Å². The number of Topliss-reactive ketones (excluding diaryl/α,β-unsaturated/α-hetero) is 1. The minimum Gasteiger partial charge on any atom is -0.293 e. The van der Waals surface area contributed by atoms with Crippen LogP contribution in [0.2, 0.25) is 0 Å². The molecule has 0 aromatic heterocycles. The van der Waals surface area contributed by atoms with Gasteiger partial charge < -0.3 is 0 Å². The van der Waals surface area contributed by atoms with Crippen molar-refractivity contribution in [2.75, 3.05) is 5.33 Å². The fourth-order valence-corrected chi connectivity index (χ4v) is 1.76. The molecule has 0 aliphatic rings. The Bertz CT molecular complexity index is 593. The lowest BCUT2D eigenvalue weighted by molar-refractivity contribution is -0.385. The zero-order chi connectivity index (χ0) is 14.8. The summed E-state index contributed by atoms with van der Waals surface area (Å²) in [5.74, 6) is -1.11. The van der Waals surface area contributed by atoms with E-state index in [1.807, 2.05) is 0 Å². The molecule has 0 aliphatic heterocycles. The van der Waals surface area contributed by atoms with Crippen LogP contribution in [0.3, 0.4) is 0 Å². The molecule has 0 unspecified atom stereocenters. The van der Waals surface area contributed by atoms with Crippen molar-refractivity contribution in [2.24, 2.45) is 0 Å². The van der Waals surface area contributed by atoms with Gasteiger partial charge in [-0.3, -0.25) is 14.9 Å². The number of alkyl halides is 4. The number of halogens is 4. The number of carbonyl (C=O) groups is 1. The number of nitrogens with zero attached hydrogens (tertiary/aromatic N) is 2. The largest absolute Gasteiger partial charge is 0.418 e. The first kappa shape index (κ1) is 15.1. The second-order valence-corrected chi connectivity index (χ2v) is 3.87. The molecule has 0 atom stereocenters. The average molecular weight is 337 g/mol. The maximum atomic E-state index is 12.9. The minimum atomic E-state index is -5.04. The fraction of sp³-hybridized carbons (Fsp3) is 0.200. The highest BCUT2D eigenvalue weighted by molar-refractivity contribution is 9.09. The molecule has 0 bridgehead atoms. The van der Waals surface area contributed by atoms with Gasteiger partial charge in [-0.15, -0.1) is 0 Å². The first-order chi connectivity index (χ1) is 8.73. The average Bonchev–Trinajstić information content (AvgIpc) is 2.34. The van der Waals surface area contributed by atoms with E-state index in [1.54, 1.807) is 0 Å². The molecular formula is C10H4BrF3N2O3. The van der Waals surface area contributed by atoms with Crippen molar-refractivity contribution in [1.82, 2.24) is 0 Å². The summed E-state index contributed by atoms with van der Waals surface area (Å²) in [5.41, 5.74) is -4.49. The normalized spacial score (nSPS) is 10.9. The van der Waals surface area contributed by atoms with Crippen LogP contribution in [0, 0.1) is 21.4 Å². The van der Waals surface area contributed by atoms with Crippen molar-refractivity contribution in [2.45, 2.75) is 6.18 Å². The molecule has 0 radical (unpaired) electrons. The molecule has 0 heterocycles. The first-order valence-electron chi connectivity index (χ1n) is 4.61. The van der Waals surface area contributed by atoms with E-state index >= 15 is 0 Å². The van der Waals surface area contributed by atoms with Crippen LogP contribution in [0.15, 0.2) is 12.1 Å². The van der Waals surface area contributed by atoms with E-state index in [-0.39, 0.29) is 0 Å². The van der Waals surface area contributed by atoms with Gasteiger partial charge in [-0.25, -0.2) is 0 Å². The van der Waals surface area contributed by atoms with E-state index in [1.165, 1.54) is 6.07 Å². The van der Waals surface area contributed by atoms with Crippen LogP contribution in [0.1, 0.15) is 21.5 Å². The molecule has 5 nitrogen and oxygen atoms in total. The standard InChI is InChI=1S/C10H4BrF3N2O3/c11-3-7(17)8-6(16(18)19)2-1-5(4-15)9(8)10(12,13)14/h1-2H,3H2. The molecule has 100 valence electrons. The van der Waals surface area contributed by atoms with Crippen molar-refractivity contribution < 1.29 is 22.9 Å². The molecular weight excluding hydrogens is 333 g/mol. The summed E-state index contributed by atoms with van der Waals surface area (Å²) in [5, 5.41) is 18.8. The van der Waals surface area contributed by atoms with E-state index in [4.69, 9.17) is 5.26 Å². The number of nitro benzene ring substituents is 1. The Hall–Kier alpha value is -1.95. The Morgan fingerprint density at radius 1 is 1.47 bits per heavy atom. The summed E-state index contributed by atoms with van der Waals surface area (Å²) in [6.45, 7) is 0. The Morgan fingerprint density at radius 2 is 2.05 bits per heavy atom. The van der Waals surface area contributed by atoms with Crippen LogP contribution < -0.4 is 0 Å². The van der Waals surface area contributed by atoms with Gasteiger partial charge in [-0.1, -0.05) is 15.9 Å². The molecule has 0 amide bonds. The van der Waals surface area contributed by atoms with Crippen LogP contribution in [0.4, 0.5) is 18.9 Å². The summed E-state index contributed by atoms with van der Waals surface area (Å²) in [6, 6.07) is 2.66. The number of nitriles is 1. The lowest BCUT2D eigenvalue weighted by Gasteiger charge is -2.13. The molecule has 0 spiro atoms. The van der Waals surface area contributed by atoms with Gasteiger partial charge in [0.05, 0.1) is 27.4 Å². The Balaban J connectivity index is 3.83. The number of ketones is 1. The maximum Gasteiger partial charge on any atom is 0.418 e. The van der Waals surface area contributed by atoms with Crippen molar-refractivity contribution in [3.05, 3.63) is 38.9 Å². The first-order valence-corrected chi connectivity index (χ1v) is 5.74. The van der Waals surface area contributed by atoms with Crippen LogP contribution in [0.25, 0.3) is 0 Å². The van der Waals surface area contributed by atoms with Gasteiger partial charge in [0.1, 0.15) is 5.56 Å². The highest BCUT2D eigenvalue weighted by Gasteiger charge is 2.41. The lowest BCUT2D eigenvalue weighted by Crippen LogP contribution is -2.18. The summed E-state index contributed by atoms with van der Waals surface area (Å²) < 4.78 is 38.7. The van der Waals surface area contributed by atoms with Gasteiger partial charge in [0.15, 0.2) is 5.78 Å². The van der Waals surface area contributed by atoms with Crippen molar-refractivity contribution in [3.8, 4) is 6.07 Å². The van der Waals surface area contributed by atoms with E-state index in [9.17, 15) is 28.1 Å². The molecule has 1 rings (SSSR count). The Kier molecular flexibility index (Phi) is 4.26. The fourth-order valence-electron chi connectivity index (χ4n) is 1.48. The van der Waals surface area contributed by atoms with Gasteiger partial charge in [-0.2, -0.15) is 18.4 Å². The highest BCUT2D eigenvalue weighted by atomic mass is 79.9. The number of hydrogen-bond donors (Lipinski definition) is 0. The summed E-state index contributed by atoms with van der Waals surface area (Å²) in [7, 11) is 0. The van der Waals surface area contributed by atoms with Gasteiger partial charge in [0.2, 0.25) is 0 Å². The smallest absolute Gasteiger partial charge is 0.293 e. The van der Waals surface area contributed by atoms with Crippen LogP contribution in [-0.4, -0.2) is 16.0 Å². The Morgan fingerprint density at radius 3 is 2.42 bits per heavy atom. The molecule has 0 N–H and O–H groups in total. The molecule has 0 saturated carbocycles. The van der Waals surface area contributed by atoms with Gasteiger partial charge >= 0.3 is 6.18 Å². The predicted octanol–water partition coefficient (Wildman–Crippen LogP) is 3.06. The van der Waals surface area contributed by atoms with E-state index in [0.717, 1.165) is 0 Å². The molecule has 19 heavy (non-hydrogen) atoms. The number of nitro groups is 1. The predicted molar refractivity (Wildman–Crippen MR) is 60.9 cm³/mol. The number of benzene rings is 1. The third-order valence-corrected chi connectivity index (χ3v) is 2.69. The third-order valence-electron chi connectivity index (χ3n) is 2.18. The van der Waals surface area contributed by atoms with Crippen LogP contribution in [0.5, 0.6) is 0 Å². The zero-order valence-corrected chi connectivity index (χ0v) is 10.6. The minimum absolute atomic E-state index is 0.522. The van der Waals surface area contributed by atoms with Crippen LogP contribution in [-0.2, 0) is 6.18 Å². The summed E-state index contributed by atoms with van der Waals surface area (Å²) >= 11 is 2.66. The molecule has 9 heteroatoms. The van der Waals surface area contributed by atoms with Crippen LogP contribution >= 0.6 is 15.9 Å². The molecule has 1 aromatic rings. The maximum absolute atomic E-state index is 12.9. The SMILES string of the molecule is N#Cc1ccc([N+](=O)[O-])c(C(=O)CBr)c1C(F)(F)F. The summed E-state index contributed by atoms with van der Waals surface area (Å²) in [4.78, 5) is 21.1. The van der Waals surface area contributed by atoms with Gasteiger partial charge in [0.25, 0.3) is 5.69 Å². The molecule has 1 aromatic carbocycles. The molecule has 0 aliphatic carbocycles. The number of hydrogen-bond acceptors (Lipinski definition) is 4. The highest BCUT2D eigenvalue weighted by Crippen LogP contribution is 2.38. The lowest BCUT2D eigenvalue weighted by atomic mass is 9.96. The quantitative estimate of drug-likeness (QED) is 0.367. The molecule has 0 fully saturated rings. The zero-order valence-electron chi connectivity index (χ0n) is 8.99. The number of carbonyl (C=O) groups excluding carboxylic acids is 1. The third kappa shape index (κ3) is 2.90. The van der Waals surface area contributed by atoms with E-state index in [0.29, 0.717) is 12.1 Å². The number of rotatable bonds is 3. The topological polar surface area (TPSA) is 84.0 Å². The summed E-state index contributed by atoms with van der Waals surface area (Å²) in [6.07, 6.45) is -5.04. The van der Waals surface area contributed by atoms with Crippen molar-refractivity contribution >= 4 is 27.4 Å². The monoisotopic (exact) mass is 336 g/mol. The molecule has 0 saturated heterocycles. The van der Waals surface area contributed by atoms with Gasteiger partial charge in [-0.05, 0) is 6.07 Å². The second-order valence-electron chi connectivity index (χ2n) is 3.31. The second kappa shape index (κ2) is 5.36. The van der Waals surface area contributed by atoms with E-state index in [2.05, 4.69) is 15.9 Å². The van der Waals surface area contributed by atoms with Crippen molar-refractivity contribution in [1.29, 1.82) is 5.26 Å². The van der Waals surface area contributed by atoms with Crippen molar-refractivity contribution in [3.63, 3.8) is 0 Å². The van der Waals surface area contributed by atoms with Gasteiger partial charge in [0, 0.05) is 6.07 Å².